The van der Waals surface area contributed by atoms with Crippen molar-refractivity contribution >= 4 is 0 Å². The molecule has 94 valence electrons. The number of phenolic OH excluding ortho intramolecular Hbond substituents is 2. The lowest BCUT2D eigenvalue weighted by Crippen LogP contribution is -1.99. The second-order valence-corrected chi connectivity index (χ2v) is 4.22. The molecule has 1 aliphatic rings. The van der Waals surface area contributed by atoms with Gasteiger partial charge in [0.1, 0.15) is 11.5 Å². The number of benzene rings is 1. The zero-order chi connectivity index (χ0) is 12.5. The Labute approximate surface area is 103 Å². The van der Waals surface area contributed by atoms with Crippen LogP contribution < -0.4 is 0 Å². The summed E-state index contributed by atoms with van der Waals surface area (Å²) < 4.78 is 10.4. The van der Waals surface area contributed by atoms with Crippen LogP contribution in [0.1, 0.15) is 18.2 Å². The van der Waals surface area contributed by atoms with E-state index >= 15 is 0 Å². The molecule has 0 radical (unpaired) electrons. The maximum Gasteiger partial charge on any atom is 0.261 e. The zero-order valence-corrected chi connectivity index (χ0v) is 9.54. The lowest BCUT2D eigenvalue weighted by molar-refractivity contribution is 0.192. The van der Waals surface area contributed by atoms with Crippen molar-refractivity contribution in [3.05, 3.63) is 24.0 Å². The fraction of sp³-hybridized carbons (Fsp3) is 0.333. The average Bonchev–Trinajstić information content (AvgIpc) is 3.00. The number of hydrogen-bond donors (Lipinski definition) is 2. The molecule has 0 bridgehead atoms. The van der Waals surface area contributed by atoms with Gasteiger partial charge in [0, 0.05) is 12.5 Å². The van der Waals surface area contributed by atoms with Crippen LogP contribution in [0, 0.1) is 0 Å². The average molecular weight is 248 g/mol. The largest absolute Gasteiger partial charge is 0.508 e. The van der Waals surface area contributed by atoms with E-state index in [2.05, 4.69) is 10.1 Å². The first-order valence-corrected chi connectivity index (χ1v) is 5.68. The van der Waals surface area contributed by atoms with Gasteiger partial charge in [-0.2, -0.15) is 4.98 Å². The van der Waals surface area contributed by atoms with E-state index in [0.29, 0.717) is 24.6 Å². The highest BCUT2D eigenvalue weighted by molar-refractivity contribution is 5.64. The second kappa shape index (κ2) is 4.30. The lowest BCUT2D eigenvalue weighted by Gasteiger charge is -2.00. The summed E-state index contributed by atoms with van der Waals surface area (Å²) in [5, 5.41) is 23.0. The summed E-state index contributed by atoms with van der Waals surface area (Å²) in [6.07, 6.45) is 0.866. The maximum absolute atomic E-state index is 9.70. The first-order chi connectivity index (χ1) is 8.74. The molecule has 0 aliphatic carbocycles. The third-order valence-corrected chi connectivity index (χ3v) is 2.95. The molecular weight excluding hydrogens is 236 g/mol. The topological polar surface area (TPSA) is 88.6 Å². The standard InChI is InChI=1S/C12H12N2O4/c15-8-1-2-10(16)9(5-8)12-13-11(14-18-12)7-3-4-17-6-7/h1-2,5,7,15-16H,3-4,6H2. The molecule has 1 atom stereocenters. The van der Waals surface area contributed by atoms with Gasteiger partial charge in [0.25, 0.3) is 5.89 Å². The Hall–Kier alpha value is -2.08. The fourth-order valence-electron chi connectivity index (χ4n) is 1.94. The van der Waals surface area contributed by atoms with Gasteiger partial charge in [-0.1, -0.05) is 5.16 Å². The van der Waals surface area contributed by atoms with Crippen molar-refractivity contribution in [3.63, 3.8) is 0 Å². The lowest BCUT2D eigenvalue weighted by atomic mass is 10.1. The van der Waals surface area contributed by atoms with E-state index < -0.39 is 0 Å². The molecule has 1 aromatic heterocycles. The third-order valence-electron chi connectivity index (χ3n) is 2.95. The molecule has 18 heavy (non-hydrogen) atoms. The number of nitrogens with zero attached hydrogens (tertiary/aromatic N) is 2. The first kappa shape index (κ1) is 11.0. The first-order valence-electron chi connectivity index (χ1n) is 5.68. The monoisotopic (exact) mass is 248 g/mol. The zero-order valence-electron chi connectivity index (χ0n) is 9.54. The van der Waals surface area contributed by atoms with E-state index in [1.54, 1.807) is 0 Å². The van der Waals surface area contributed by atoms with Crippen molar-refractivity contribution in [2.45, 2.75) is 12.3 Å². The van der Waals surface area contributed by atoms with Gasteiger partial charge in [0.15, 0.2) is 5.82 Å². The van der Waals surface area contributed by atoms with E-state index in [4.69, 9.17) is 9.26 Å². The van der Waals surface area contributed by atoms with E-state index in [0.717, 1.165) is 6.42 Å². The highest BCUT2D eigenvalue weighted by Gasteiger charge is 2.24. The van der Waals surface area contributed by atoms with Gasteiger partial charge in [0.05, 0.1) is 12.2 Å². The van der Waals surface area contributed by atoms with Crippen molar-refractivity contribution in [2.24, 2.45) is 0 Å². The Morgan fingerprint density at radius 3 is 2.94 bits per heavy atom. The van der Waals surface area contributed by atoms with Crippen LogP contribution in [0.15, 0.2) is 22.7 Å². The molecule has 3 rings (SSSR count). The van der Waals surface area contributed by atoms with Crippen LogP contribution in [0.4, 0.5) is 0 Å². The molecule has 1 saturated heterocycles. The molecule has 6 heteroatoms. The Bertz CT molecular complexity index is 561. The number of aromatic nitrogens is 2. The van der Waals surface area contributed by atoms with Gasteiger partial charge >= 0.3 is 0 Å². The number of ether oxygens (including phenoxy) is 1. The fourth-order valence-corrected chi connectivity index (χ4v) is 1.94. The van der Waals surface area contributed by atoms with Crippen LogP contribution in [0.3, 0.4) is 0 Å². The quantitative estimate of drug-likeness (QED) is 0.785. The van der Waals surface area contributed by atoms with Gasteiger partial charge in [-0.3, -0.25) is 0 Å². The van der Waals surface area contributed by atoms with Gasteiger partial charge in [-0.25, -0.2) is 0 Å². The Kier molecular flexibility index (Phi) is 2.64. The number of aromatic hydroxyl groups is 2. The predicted molar refractivity (Wildman–Crippen MR) is 61.2 cm³/mol. The van der Waals surface area contributed by atoms with Crippen molar-refractivity contribution in [1.82, 2.24) is 10.1 Å². The molecule has 1 aliphatic heterocycles. The maximum atomic E-state index is 9.70. The molecule has 0 amide bonds. The van der Waals surface area contributed by atoms with Crippen LogP contribution in [0.5, 0.6) is 11.5 Å². The molecule has 6 nitrogen and oxygen atoms in total. The molecule has 0 saturated carbocycles. The summed E-state index contributed by atoms with van der Waals surface area (Å²) in [5.74, 6) is 0.940. The van der Waals surface area contributed by atoms with Crippen molar-refractivity contribution in [3.8, 4) is 23.0 Å². The smallest absolute Gasteiger partial charge is 0.261 e. The minimum atomic E-state index is -0.00864. The number of phenols is 2. The van der Waals surface area contributed by atoms with Gasteiger partial charge < -0.3 is 19.5 Å². The molecule has 1 aromatic carbocycles. The molecule has 2 heterocycles. The van der Waals surface area contributed by atoms with Gasteiger partial charge in [0.2, 0.25) is 0 Å². The Balaban J connectivity index is 1.94. The SMILES string of the molecule is Oc1ccc(O)c(-c2nc(C3CCOC3)no2)c1. The Morgan fingerprint density at radius 2 is 2.17 bits per heavy atom. The molecule has 2 N–H and O–H groups in total. The van der Waals surface area contributed by atoms with Crippen LogP contribution in [0.25, 0.3) is 11.5 Å². The summed E-state index contributed by atoms with van der Waals surface area (Å²) in [7, 11) is 0. The van der Waals surface area contributed by atoms with Crippen LogP contribution in [-0.2, 0) is 4.74 Å². The van der Waals surface area contributed by atoms with Gasteiger partial charge in [-0.15, -0.1) is 0 Å². The van der Waals surface area contributed by atoms with Crippen LogP contribution in [-0.4, -0.2) is 33.6 Å². The number of hydrogen-bond acceptors (Lipinski definition) is 6. The molecule has 2 aromatic rings. The van der Waals surface area contributed by atoms with E-state index in [1.807, 2.05) is 0 Å². The molecule has 1 fully saturated rings. The predicted octanol–water partition coefficient (Wildman–Crippen LogP) is 1.65. The van der Waals surface area contributed by atoms with Crippen molar-refractivity contribution in [1.29, 1.82) is 0 Å². The van der Waals surface area contributed by atoms with E-state index in [9.17, 15) is 10.2 Å². The van der Waals surface area contributed by atoms with Gasteiger partial charge in [-0.05, 0) is 24.6 Å². The number of rotatable bonds is 2. The molecule has 1 unspecified atom stereocenters. The van der Waals surface area contributed by atoms with Crippen LogP contribution in [0.2, 0.25) is 0 Å². The summed E-state index contributed by atoms with van der Waals surface area (Å²) in [4.78, 5) is 4.24. The minimum absolute atomic E-state index is 0.00864. The van der Waals surface area contributed by atoms with E-state index in [-0.39, 0.29) is 23.3 Å². The highest BCUT2D eigenvalue weighted by Crippen LogP contribution is 2.32. The summed E-state index contributed by atoms with van der Waals surface area (Å²) in [6, 6.07) is 4.16. The summed E-state index contributed by atoms with van der Waals surface area (Å²) >= 11 is 0. The Morgan fingerprint density at radius 1 is 1.28 bits per heavy atom. The van der Waals surface area contributed by atoms with E-state index in [1.165, 1.54) is 18.2 Å². The van der Waals surface area contributed by atoms with Crippen LogP contribution >= 0.6 is 0 Å². The normalized spacial score (nSPS) is 19.2. The van der Waals surface area contributed by atoms with Crippen molar-refractivity contribution < 1.29 is 19.5 Å². The molecular formula is C12H12N2O4. The highest BCUT2D eigenvalue weighted by atomic mass is 16.5. The molecule has 0 spiro atoms. The summed E-state index contributed by atoms with van der Waals surface area (Å²) in [5.41, 5.74) is 0.327. The second-order valence-electron chi connectivity index (χ2n) is 4.22. The summed E-state index contributed by atoms with van der Waals surface area (Å²) in [6.45, 7) is 1.29. The van der Waals surface area contributed by atoms with Crippen molar-refractivity contribution in [2.75, 3.05) is 13.2 Å². The minimum Gasteiger partial charge on any atom is -0.508 e. The third kappa shape index (κ3) is 1.91.